The highest BCUT2D eigenvalue weighted by Crippen LogP contribution is 2.31. The predicted molar refractivity (Wildman–Crippen MR) is 117 cm³/mol. The highest BCUT2D eigenvalue weighted by atomic mass is 35.5. The van der Waals surface area contributed by atoms with Crippen LogP contribution in [0, 0.1) is 0 Å². The number of carbonyl (C=O) groups is 1. The summed E-state index contributed by atoms with van der Waals surface area (Å²) in [5, 5.41) is 11.2. The zero-order chi connectivity index (χ0) is 21.1. The van der Waals surface area contributed by atoms with E-state index in [0.717, 1.165) is 16.9 Å². The molecule has 0 unspecified atom stereocenters. The molecule has 30 heavy (non-hydrogen) atoms. The standard InChI is InChI=1S/C23H24ClN3O3/c1-2-11-26-13-16(12-22(26)29)23-25-19-8-4-5-9-20(19)27(23)14-17(28)15-30-21-10-6-3-7-18(21)24/h2-10,16-17,28H,1,11-15H2/t16-,17-/m0/s1. The number of rotatable bonds is 8. The molecule has 1 aromatic heterocycles. The molecule has 0 bridgehead atoms. The van der Waals surface area contributed by atoms with Crippen molar-refractivity contribution in [3.63, 3.8) is 0 Å². The third-order valence-electron chi connectivity index (χ3n) is 5.27. The summed E-state index contributed by atoms with van der Waals surface area (Å²) < 4.78 is 7.71. The molecule has 1 saturated heterocycles. The average Bonchev–Trinajstić information content (AvgIpc) is 3.28. The number of amides is 1. The van der Waals surface area contributed by atoms with Crippen LogP contribution in [0.4, 0.5) is 0 Å². The summed E-state index contributed by atoms with van der Waals surface area (Å²) in [5.74, 6) is 1.42. The van der Waals surface area contributed by atoms with E-state index in [2.05, 4.69) is 6.58 Å². The Labute approximate surface area is 180 Å². The quantitative estimate of drug-likeness (QED) is 0.559. The molecule has 2 atom stereocenters. The molecule has 0 spiro atoms. The number of carbonyl (C=O) groups excluding carboxylic acids is 1. The van der Waals surface area contributed by atoms with Crippen molar-refractivity contribution in [3.8, 4) is 5.75 Å². The second kappa shape index (κ2) is 8.90. The maximum absolute atomic E-state index is 12.3. The monoisotopic (exact) mass is 425 g/mol. The molecule has 156 valence electrons. The number of aliphatic hydroxyl groups is 1. The Balaban J connectivity index is 1.55. The van der Waals surface area contributed by atoms with Gasteiger partial charge in [0, 0.05) is 25.4 Å². The number of ether oxygens (including phenoxy) is 1. The normalized spacial score (nSPS) is 17.5. The van der Waals surface area contributed by atoms with Crippen molar-refractivity contribution in [1.82, 2.24) is 14.5 Å². The van der Waals surface area contributed by atoms with Crippen molar-refractivity contribution >= 4 is 28.5 Å². The number of fused-ring (bicyclic) bond motifs is 1. The van der Waals surface area contributed by atoms with E-state index in [1.165, 1.54) is 0 Å². The van der Waals surface area contributed by atoms with Crippen LogP contribution in [0.25, 0.3) is 11.0 Å². The lowest BCUT2D eigenvalue weighted by molar-refractivity contribution is -0.127. The van der Waals surface area contributed by atoms with Gasteiger partial charge in [0.2, 0.25) is 5.91 Å². The van der Waals surface area contributed by atoms with Gasteiger partial charge in [-0.2, -0.15) is 0 Å². The van der Waals surface area contributed by atoms with Gasteiger partial charge in [-0.25, -0.2) is 4.98 Å². The lowest BCUT2D eigenvalue weighted by atomic mass is 10.1. The molecule has 3 aromatic rings. The van der Waals surface area contributed by atoms with Crippen LogP contribution in [0.2, 0.25) is 5.02 Å². The first-order valence-electron chi connectivity index (χ1n) is 9.96. The van der Waals surface area contributed by atoms with Crippen LogP contribution in [0.5, 0.6) is 5.75 Å². The van der Waals surface area contributed by atoms with Crippen molar-refractivity contribution < 1.29 is 14.6 Å². The number of para-hydroxylation sites is 3. The van der Waals surface area contributed by atoms with Crippen LogP contribution < -0.4 is 4.74 Å². The molecule has 4 rings (SSSR count). The first-order valence-corrected chi connectivity index (χ1v) is 10.3. The van der Waals surface area contributed by atoms with Crippen LogP contribution in [-0.2, 0) is 11.3 Å². The zero-order valence-corrected chi connectivity index (χ0v) is 17.3. The van der Waals surface area contributed by atoms with Crippen molar-refractivity contribution in [3.05, 3.63) is 72.0 Å². The van der Waals surface area contributed by atoms with Gasteiger partial charge in [0.05, 0.1) is 22.6 Å². The molecule has 2 heterocycles. The number of likely N-dealkylation sites (tertiary alicyclic amines) is 1. The van der Waals surface area contributed by atoms with Gasteiger partial charge in [-0.3, -0.25) is 4.79 Å². The lowest BCUT2D eigenvalue weighted by Gasteiger charge is -2.18. The Hall–Kier alpha value is -2.83. The maximum atomic E-state index is 12.3. The van der Waals surface area contributed by atoms with Crippen LogP contribution >= 0.6 is 11.6 Å². The summed E-state index contributed by atoms with van der Waals surface area (Å²) in [6, 6.07) is 15.0. The molecule has 7 heteroatoms. The van der Waals surface area contributed by atoms with E-state index in [9.17, 15) is 9.90 Å². The summed E-state index contributed by atoms with van der Waals surface area (Å²) in [7, 11) is 0. The van der Waals surface area contributed by atoms with Gasteiger partial charge in [-0.05, 0) is 24.3 Å². The van der Waals surface area contributed by atoms with Crippen LogP contribution in [0.1, 0.15) is 18.2 Å². The molecule has 1 aliphatic rings. The molecule has 1 aliphatic heterocycles. The fraction of sp³-hybridized carbons (Fsp3) is 0.304. The number of aromatic nitrogens is 2. The van der Waals surface area contributed by atoms with Crippen molar-refractivity contribution in [1.29, 1.82) is 0 Å². The second-order valence-electron chi connectivity index (χ2n) is 7.45. The van der Waals surface area contributed by atoms with E-state index in [-0.39, 0.29) is 18.4 Å². The van der Waals surface area contributed by atoms with Gasteiger partial charge in [-0.1, -0.05) is 41.9 Å². The number of halogens is 1. The van der Waals surface area contributed by atoms with Gasteiger partial charge in [0.15, 0.2) is 0 Å². The van der Waals surface area contributed by atoms with Crippen LogP contribution in [0.3, 0.4) is 0 Å². The van der Waals surface area contributed by atoms with Gasteiger partial charge in [-0.15, -0.1) is 6.58 Å². The summed E-state index contributed by atoms with van der Waals surface area (Å²) in [4.78, 5) is 18.9. The third-order valence-corrected chi connectivity index (χ3v) is 5.59. The fourth-order valence-electron chi connectivity index (χ4n) is 3.89. The summed E-state index contributed by atoms with van der Waals surface area (Å²) in [6.45, 7) is 5.27. The molecule has 1 amide bonds. The van der Waals surface area contributed by atoms with E-state index in [4.69, 9.17) is 21.3 Å². The van der Waals surface area contributed by atoms with Gasteiger partial charge >= 0.3 is 0 Å². The summed E-state index contributed by atoms with van der Waals surface area (Å²) in [6.07, 6.45) is 1.38. The first-order chi connectivity index (χ1) is 14.6. The van der Waals surface area contributed by atoms with Gasteiger partial charge in [0.25, 0.3) is 0 Å². The minimum atomic E-state index is -0.765. The van der Waals surface area contributed by atoms with Crippen LogP contribution in [0.15, 0.2) is 61.2 Å². The van der Waals surface area contributed by atoms with Crippen molar-refractivity contribution in [2.24, 2.45) is 0 Å². The molecule has 1 fully saturated rings. The third kappa shape index (κ3) is 4.20. The minimum Gasteiger partial charge on any atom is -0.489 e. The number of hydrogen-bond acceptors (Lipinski definition) is 4. The van der Waals surface area contributed by atoms with E-state index < -0.39 is 6.10 Å². The van der Waals surface area contributed by atoms with Gasteiger partial charge < -0.3 is 19.3 Å². The van der Waals surface area contributed by atoms with Crippen molar-refractivity contribution in [2.75, 3.05) is 19.7 Å². The molecule has 6 nitrogen and oxygen atoms in total. The second-order valence-corrected chi connectivity index (χ2v) is 7.86. The first kappa shape index (κ1) is 20.4. The molecular formula is C23H24ClN3O3. The molecule has 0 aliphatic carbocycles. The van der Waals surface area contributed by atoms with E-state index in [0.29, 0.717) is 36.8 Å². The van der Waals surface area contributed by atoms with E-state index in [1.54, 1.807) is 23.1 Å². The highest BCUT2D eigenvalue weighted by Gasteiger charge is 2.33. The average molecular weight is 426 g/mol. The van der Waals surface area contributed by atoms with Crippen LogP contribution in [-0.4, -0.2) is 51.3 Å². The Morgan fingerprint density at radius 1 is 1.27 bits per heavy atom. The van der Waals surface area contributed by atoms with E-state index in [1.807, 2.05) is 41.0 Å². The largest absolute Gasteiger partial charge is 0.489 e. The SMILES string of the molecule is C=CCN1C[C@@H](c2nc3ccccc3n2C[C@H](O)COc2ccccc2Cl)CC1=O. The Morgan fingerprint density at radius 3 is 2.83 bits per heavy atom. The predicted octanol–water partition coefficient (Wildman–Crippen LogP) is 3.63. The van der Waals surface area contributed by atoms with E-state index >= 15 is 0 Å². The maximum Gasteiger partial charge on any atom is 0.223 e. The number of nitrogens with zero attached hydrogens (tertiary/aromatic N) is 3. The smallest absolute Gasteiger partial charge is 0.223 e. The number of imidazole rings is 1. The lowest BCUT2D eigenvalue weighted by Crippen LogP contribution is -2.26. The number of benzene rings is 2. The zero-order valence-electron chi connectivity index (χ0n) is 16.6. The highest BCUT2D eigenvalue weighted by molar-refractivity contribution is 6.32. The Morgan fingerprint density at radius 2 is 2.03 bits per heavy atom. The number of hydrogen-bond donors (Lipinski definition) is 1. The summed E-state index contributed by atoms with van der Waals surface area (Å²) in [5.41, 5.74) is 1.78. The fourth-order valence-corrected chi connectivity index (χ4v) is 4.08. The Kier molecular flexibility index (Phi) is 6.06. The topological polar surface area (TPSA) is 67.6 Å². The van der Waals surface area contributed by atoms with Crippen molar-refractivity contribution in [2.45, 2.75) is 25.0 Å². The molecule has 2 aromatic carbocycles. The Bertz CT molecular complexity index is 1060. The minimum absolute atomic E-state index is 0.0264. The summed E-state index contributed by atoms with van der Waals surface area (Å²) >= 11 is 6.13. The van der Waals surface area contributed by atoms with Gasteiger partial charge in [0.1, 0.15) is 24.3 Å². The molecular weight excluding hydrogens is 402 g/mol. The molecule has 1 N–H and O–H groups in total. The number of aliphatic hydroxyl groups excluding tert-OH is 1. The molecule has 0 radical (unpaired) electrons. The molecule has 0 saturated carbocycles.